The largest absolute Gasteiger partial charge is 0.410 e. The van der Waals surface area contributed by atoms with E-state index < -0.39 is 0 Å². The molecule has 1 aromatic heterocycles. The maximum Gasteiger partial charge on any atom is 0.204 e. The topological polar surface area (TPSA) is 76.2 Å². The number of oxime groups is 1. The lowest BCUT2D eigenvalue weighted by atomic mass is 10.1. The number of nitrogens with zero attached hydrogens (tertiary/aromatic N) is 5. The lowest BCUT2D eigenvalue weighted by Gasteiger charge is -2.01. The van der Waals surface area contributed by atoms with Crippen LogP contribution < -0.4 is 0 Å². The molecule has 0 amide bonds. The lowest BCUT2D eigenvalue weighted by molar-refractivity contribution is 0.319. The third kappa shape index (κ3) is 1.69. The van der Waals surface area contributed by atoms with Gasteiger partial charge in [0, 0.05) is 12.6 Å². The Balaban J connectivity index is 2.48. The Morgan fingerprint density at radius 2 is 2.07 bits per heavy atom. The zero-order chi connectivity index (χ0) is 10.7. The van der Waals surface area contributed by atoms with Gasteiger partial charge in [0.2, 0.25) is 5.82 Å². The molecule has 0 radical (unpaired) electrons. The number of aromatic nitrogens is 4. The van der Waals surface area contributed by atoms with Crippen molar-refractivity contribution in [2.75, 3.05) is 0 Å². The minimum atomic E-state index is 0.350. The normalized spacial score (nSPS) is 11.7. The molecule has 0 saturated heterocycles. The predicted octanol–water partition coefficient (Wildman–Crippen LogP) is 0.437. The van der Waals surface area contributed by atoms with E-state index in [0.29, 0.717) is 11.5 Å². The van der Waals surface area contributed by atoms with E-state index in [2.05, 4.69) is 20.7 Å². The van der Waals surface area contributed by atoms with Gasteiger partial charge in [-0.05, 0) is 10.4 Å². The van der Waals surface area contributed by atoms with Gasteiger partial charge in [-0.25, -0.2) is 4.68 Å². The van der Waals surface area contributed by atoms with Crippen LogP contribution in [0, 0.1) is 0 Å². The Kier molecular flexibility index (Phi) is 2.40. The summed E-state index contributed by atoms with van der Waals surface area (Å²) in [5, 5.41) is 23.1. The summed E-state index contributed by atoms with van der Waals surface area (Å²) in [5.74, 6) is 0.420. The van der Waals surface area contributed by atoms with Crippen LogP contribution in [0.5, 0.6) is 0 Å². The van der Waals surface area contributed by atoms with Crippen LogP contribution in [0.2, 0.25) is 0 Å². The van der Waals surface area contributed by atoms with E-state index in [1.807, 2.05) is 30.3 Å². The number of aryl methyl sites for hydroxylation is 1. The van der Waals surface area contributed by atoms with Crippen molar-refractivity contribution in [3.8, 4) is 0 Å². The van der Waals surface area contributed by atoms with Crippen LogP contribution in [0.15, 0.2) is 35.5 Å². The molecular formula is C9H9N5O. The monoisotopic (exact) mass is 203 g/mol. The van der Waals surface area contributed by atoms with E-state index in [0.717, 1.165) is 5.56 Å². The summed E-state index contributed by atoms with van der Waals surface area (Å²) in [6.45, 7) is 0. The van der Waals surface area contributed by atoms with Crippen LogP contribution in [-0.4, -0.2) is 31.1 Å². The van der Waals surface area contributed by atoms with Crippen molar-refractivity contribution in [3.63, 3.8) is 0 Å². The van der Waals surface area contributed by atoms with Gasteiger partial charge in [-0.1, -0.05) is 35.5 Å². The van der Waals surface area contributed by atoms with Crippen molar-refractivity contribution in [3.05, 3.63) is 41.7 Å². The van der Waals surface area contributed by atoms with Gasteiger partial charge in [0.1, 0.15) is 0 Å². The van der Waals surface area contributed by atoms with E-state index in [9.17, 15) is 0 Å². The predicted molar refractivity (Wildman–Crippen MR) is 52.7 cm³/mol. The summed E-state index contributed by atoms with van der Waals surface area (Å²) in [4.78, 5) is 0. The Bertz CT molecular complexity index is 476. The molecule has 76 valence electrons. The molecule has 2 rings (SSSR count). The van der Waals surface area contributed by atoms with Crippen molar-refractivity contribution in [1.82, 2.24) is 20.2 Å². The lowest BCUT2D eigenvalue weighted by Crippen LogP contribution is -2.11. The molecule has 1 N–H and O–H groups in total. The highest BCUT2D eigenvalue weighted by Gasteiger charge is 2.13. The molecule has 0 aliphatic rings. The average Bonchev–Trinajstić information content (AvgIpc) is 2.68. The molecule has 0 unspecified atom stereocenters. The third-order valence-electron chi connectivity index (χ3n) is 1.98. The van der Waals surface area contributed by atoms with Gasteiger partial charge in [-0.2, -0.15) is 0 Å². The average molecular weight is 203 g/mol. The fraction of sp³-hybridized carbons (Fsp3) is 0.111. The second-order valence-electron chi connectivity index (χ2n) is 2.94. The second-order valence-corrected chi connectivity index (χ2v) is 2.94. The van der Waals surface area contributed by atoms with Crippen LogP contribution in [0.25, 0.3) is 0 Å². The molecule has 0 spiro atoms. The number of hydrogen-bond acceptors (Lipinski definition) is 5. The van der Waals surface area contributed by atoms with Crippen molar-refractivity contribution in [2.24, 2.45) is 12.2 Å². The molecule has 15 heavy (non-hydrogen) atoms. The molecule has 0 atom stereocenters. The van der Waals surface area contributed by atoms with Gasteiger partial charge in [0.25, 0.3) is 0 Å². The smallest absolute Gasteiger partial charge is 0.204 e. The Morgan fingerprint density at radius 3 is 2.60 bits per heavy atom. The van der Waals surface area contributed by atoms with E-state index >= 15 is 0 Å². The first-order chi connectivity index (χ1) is 7.33. The van der Waals surface area contributed by atoms with Gasteiger partial charge in [0.05, 0.1) is 0 Å². The molecule has 0 aliphatic carbocycles. The van der Waals surface area contributed by atoms with E-state index in [1.54, 1.807) is 7.05 Å². The zero-order valence-corrected chi connectivity index (χ0v) is 8.07. The van der Waals surface area contributed by atoms with Crippen LogP contribution >= 0.6 is 0 Å². The number of hydrogen-bond donors (Lipinski definition) is 1. The SMILES string of the molecule is Cn1nnnc1/C(=N\O)c1ccccc1. The molecule has 1 heterocycles. The molecule has 0 aliphatic heterocycles. The molecule has 0 bridgehead atoms. The van der Waals surface area contributed by atoms with Crippen LogP contribution in [-0.2, 0) is 7.05 Å². The summed E-state index contributed by atoms with van der Waals surface area (Å²) in [6, 6.07) is 9.23. The summed E-state index contributed by atoms with van der Waals surface area (Å²) < 4.78 is 1.45. The number of rotatable bonds is 2. The van der Waals surface area contributed by atoms with Gasteiger partial charge in [0.15, 0.2) is 5.71 Å². The van der Waals surface area contributed by atoms with E-state index in [4.69, 9.17) is 5.21 Å². The molecule has 6 nitrogen and oxygen atoms in total. The van der Waals surface area contributed by atoms with Crippen molar-refractivity contribution < 1.29 is 5.21 Å². The van der Waals surface area contributed by atoms with Crippen LogP contribution in [0.4, 0.5) is 0 Å². The minimum Gasteiger partial charge on any atom is -0.410 e. The Hall–Kier alpha value is -2.24. The molecule has 6 heteroatoms. The molecule has 0 saturated carbocycles. The van der Waals surface area contributed by atoms with Crippen molar-refractivity contribution in [2.45, 2.75) is 0 Å². The highest BCUT2D eigenvalue weighted by atomic mass is 16.4. The van der Waals surface area contributed by atoms with Gasteiger partial charge < -0.3 is 5.21 Å². The van der Waals surface area contributed by atoms with Gasteiger partial charge >= 0.3 is 0 Å². The minimum absolute atomic E-state index is 0.350. The molecule has 2 aromatic rings. The van der Waals surface area contributed by atoms with E-state index in [-0.39, 0.29) is 0 Å². The maximum atomic E-state index is 8.95. The first-order valence-corrected chi connectivity index (χ1v) is 4.33. The summed E-state index contributed by atoms with van der Waals surface area (Å²) in [7, 11) is 1.68. The maximum absolute atomic E-state index is 8.95. The summed E-state index contributed by atoms with van der Waals surface area (Å²) >= 11 is 0. The quantitative estimate of drug-likeness (QED) is 0.436. The Labute approximate surface area is 85.8 Å². The number of benzene rings is 1. The van der Waals surface area contributed by atoms with Gasteiger partial charge in [-0.3, -0.25) is 0 Å². The summed E-state index contributed by atoms with van der Waals surface area (Å²) in [5.41, 5.74) is 1.11. The standard InChI is InChI=1S/C9H9N5O/c1-14-9(10-12-13-14)8(11-15)7-5-3-2-4-6-7/h2-6,15H,1H3/b11-8-. The fourth-order valence-electron chi connectivity index (χ4n) is 1.26. The van der Waals surface area contributed by atoms with Crippen LogP contribution in [0.3, 0.4) is 0 Å². The zero-order valence-electron chi connectivity index (χ0n) is 8.07. The Morgan fingerprint density at radius 1 is 1.33 bits per heavy atom. The van der Waals surface area contributed by atoms with Crippen molar-refractivity contribution >= 4 is 5.71 Å². The first kappa shape index (κ1) is 9.32. The second kappa shape index (κ2) is 3.87. The van der Waals surface area contributed by atoms with E-state index in [1.165, 1.54) is 4.68 Å². The fourth-order valence-corrected chi connectivity index (χ4v) is 1.26. The third-order valence-corrected chi connectivity index (χ3v) is 1.98. The van der Waals surface area contributed by atoms with Crippen molar-refractivity contribution in [1.29, 1.82) is 0 Å². The first-order valence-electron chi connectivity index (χ1n) is 4.33. The molecular weight excluding hydrogens is 194 g/mol. The molecule has 1 aromatic carbocycles. The molecule has 0 fully saturated rings. The van der Waals surface area contributed by atoms with Gasteiger partial charge in [-0.15, -0.1) is 5.10 Å². The van der Waals surface area contributed by atoms with Crippen LogP contribution in [0.1, 0.15) is 11.4 Å². The summed E-state index contributed by atoms with van der Waals surface area (Å²) in [6.07, 6.45) is 0. The highest BCUT2D eigenvalue weighted by molar-refractivity contribution is 6.10. The highest BCUT2D eigenvalue weighted by Crippen LogP contribution is 2.06. The number of tetrazole rings is 1.